The Morgan fingerprint density at radius 2 is 1.95 bits per heavy atom. The molecular weight excluding hydrogens is 236 g/mol. The minimum Gasteiger partial charge on any atom is -0.373 e. The zero-order valence-electron chi connectivity index (χ0n) is 12.6. The van der Waals surface area contributed by atoms with Gasteiger partial charge in [-0.15, -0.1) is 0 Å². The standard InChI is InChI=1S/C16H26N2O/c1-16(2,3)13-5-7-14(8-6-13)18-9-10-19-15(12-18)11-17-4/h5-8,15,17H,9-12H2,1-4H3. The monoisotopic (exact) mass is 262 g/mol. The molecule has 1 aromatic carbocycles. The molecule has 1 aliphatic heterocycles. The molecule has 0 radical (unpaired) electrons. The Kier molecular flexibility index (Phi) is 4.48. The largest absolute Gasteiger partial charge is 0.373 e. The van der Waals surface area contributed by atoms with Crippen molar-refractivity contribution in [2.75, 3.05) is 38.2 Å². The lowest BCUT2D eigenvalue weighted by molar-refractivity contribution is 0.0422. The average molecular weight is 262 g/mol. The van der Waals surface area contributed by atoms with Crippen LogP contribution in [0.4, 0.5) is 5.69 Å². The second-order valence-corrected chi connectivity index (χ2v) is 6.29. The Hall–Kier alpha value is -1.06. The lowest BCUT2D eigenvalue weighted by Crippen LogP contribution is -2.46. The summed E-state index contributed by atoms with van der Waals surface area (Å²) in [7, 11) is 1.97. The van der Waals surface area contributed by atoms with Crippen LogP contribution in [-0.2, 0) is 10.2 Å². The van der Waals surface area contributed by atoms with Crippen LogP contribution in [0.2, 0.25) is 0 Å². The van der Waals surface area contributed by atoms with Crippen molar-refractivity contribution in [2.24, 2.45) is 0 Å². The van der Waals surface area contributed by atoms with Crippen LogP contribution in [0.1, 0.15) is 26.3 Å². The normalized spacial score (nSPS) is 20.6. The Morgan fingerprint density at radius 3 is 2.53 bits per heavy atom. The molecule has 1 heterocycles. The van der Waals surface area contributed by atoms with Crippen molar-refractivity contribution < 1.29 is 4.74 Å². The molecule has 106 valence electrons. The van der Waals surface area contributed by atoms with E-state index in [1.54, 1.807) is 0 Å². The fourth-order valence-corrected chi connectivity index (χ4v) is 2.48. The number of morpholine rings is 1. The van der Waals surface area contributed by atoms with E-state index in [0.717, 1.165) is 26.2 Å². The number of nitrogens with zero attached hydrogens (tertiary/aromatic N) is 1. The van der Waals surface area contributed by atoms with Gasteiger partial charge in [-0.25, -0.2) is 0 Å². The molecule has 0 spiro atoms. The van der Waals surface area contributed by atoms with Crippen LogP contribution < -0.4 is 10.2 Å². The average Bonchev–Trinajstić information content (AvgIpc) is 2.39. The van der Waals surface area contributed by atoms with Crippen LogP contribution in [-0.4, -0.2) is 39.4 Å². The van der Waals surface area contributed by atoms with Crippen LogP contribution in [0.25, 0.3) is 0 Å². The highest BCUT2D eigenvalue weighted by Gasteiger charge is 2.20. The van der Waals surface area contributed by atoms with Gasteiger partial charge >= 0.3 is 0 Å². The van der Waals surface area contributed by atoms with E-state index < -0.39 is 0 Å². The third-order valence-electron chi connectivity index (χ3n) is 3.67. The Morgan fingerprint density at radius 1 is 1.26 bits per heavy atom. The maximum atomic E-state index is 5.74. The second kappa shape index (κ2) is 5.93. The molecule has 2 rings (SSSR count). The van der Waals surface area contributed by atoms with Crippen molar-refractivity contribution in [3.05, 3.63) is 29.8 Å². The fraction of sp³-hybridized carbons (Fsp3) is 0.625. The molecule has 19 heavy (non-hydrogen) atoms. The molecule has 3 nitrogen and oxygen atoms in total. The van der Waals surface area contributed by atoms with Crippen LogP contribution in [0.15, 0.2) is 24.3 Å². The van der Waals surface area contributed by atoms with Crippen molar-refractivity contribution in [1.82, 2.24) is 5.32 Å². The van der Waals surface area contributed by atoms with Crippen molar-refractivity contribution in [3.8, 4) is 0 Å². The van der Waals surface area contributed by atoms with E-state index in [0.29, 0.717) is 6.10 Å². The first-order chi connectivity index (χ1) is 9.00. The number of rotatable bonds is 3. The minimum absolute atomic E-state index is 0.220. The van der Waals surface area contributed by atoms with E-state index in [9.17, 15) is 0 Å². The molecule has 1 N–H and O–H groups in total. The molecule has 1 saturated heterocycles. The van der Waals surface area contributed by atoms with Gasteiger partial charge < -0.3 is 15.0 Å². The smallest absolute Gasteiger partial charge is 0.0874 e. The SMILES string of the molecule is CNCC1CN(c2ccc(C(C)(C)C)cc2)CCO1. The zero-order valence-corrected chi connectivity index (χ0v) is 12.6. The molecule has 3 heteroatoms. The van der Waals surface area contributed by atoms with Gasteiger partial charge in [0.15, 0.2) is 0 Å². The molecule has 1 aliphatic rings. The van der Waals surface area contributed by atoms with Crippen LogP contribution in [0.5, 0.6) is 0 Å². The minimum atomic E-state index is 0.220. The summed E-state index contributed by atoms with van der Waals surface area (Å²) in [4.78, 5) is 2.41. The van der Waals surface area contributed by atoms with Gasteiger partial charge in [0.1, 0.15) is 0 Å². The highest BCUT2D eigenvalue weighted by atomic mass is 16.5. The van der Waals surface area contributed by atoms with E-state index in [1.165, 1.54) is 11.3 Å². The predicted octanol–water partition coefficient (Wildman–Crippen LogP) is 2.41. The first-order valence-electron chi connectivity index (χ1n) is 7.12. The summed E-state index contributed by atoms with van der Waals surface area (Å²) in [5.74, 6) is 0. The Labute approximate surface area is 116 Å². The van der Waals surface area contributed by atoms with Crippen LogP contribution in [0, 0.1) is 0 Å². The molecule has 1 atom stereocenters. The zero-order chi connectivity index (χ0) is 13.9. The van der Waals surface area contributed by atoms with Gasteiger partial charge in [-0.05, 0) is 30.2 Å². The number of nitrogens with one attached hydrogen (secondary N) is 1. The third kappa shape index (κ3) is 3.71. The number of likely N-dealkylation sites (N-methyl/N-ethyl adjacent to an activating group) is 1. The summed E-state index contributed by atoms with van der Waals surface area (Å²) in [5.41, 5.74) is 2.91. The molecule has 0 saturated carbocycles. The molecule has 0 aliphatic carbocycles. The fourth-order valence-electron chi connectivity index (χ4n) is 2.48. The second-order valence-electron chi connectivity index (χ2n) is 6.29. The highest BCUT2D eigenvalue weighted by Crippen LogP contribution is 2.25. The van der Waals surface area contributed by atoms with E-state index in [-0.39, 0.29) is 5.41 Å². The molecule has 0 amide bonds. The van der Waals surface area contributed by atoms with E-state index in [1.807, 2.05) is 7.05 Å². The Bertz CT molecular complexity index is 392. The van der Waals surface area contributed by atoms with Gasteiger partial charge in [-0.2, -0.15) is 0 Å². The summed E-state index contributed by atoms with van der Waals surface area (Å²) in [6.45, 7) is 10.4. The molecule has 1 fully saturated rings. The lowest BCUT2D eigenvalue weighted by atomic mass is 9.87. The van der Waals surface area contributed by atoms with E-state index in [4.69, 9.17) is 4.74 Å². The van der Waals surface area contributed by atoms with E-state index >= 15 is 0 Å². The van der Waals surface area contributed by atoms with Crippen LogP contribution >= 0.6 is 0 Å². The highest BCUT2D eigenvalue weighted by molar-refractivity contribution is 5.49. The first-order valence-corrected chi connectivity index (χ1v) is 7.12. The van der Waals surface area contributed by atoms with Gasteiger partial charge in [0, 0.05) is 25.3 Å². The topological polar surface area (TPSA) is 24.5 Å². The van der Waals surface area contributed by atoms with Gasteiger partial charge in [0.25, 0.3) is 0 Å². The first kappa shape index (κ1) is 14.4. The van der Waals surface area contributed by atoms with Crippen molar-refractivity contribution in [3.63, 3.8) is 0 Å². The maximum absolute atomic E-state index is 5.74. The quantitative estimate of drug-likeness (QED) is 0.905. The van der Waals surface area contributed by atoms with E-state index in [2.05, 4.69) is 55.3 Å². The number of anilines is 1. The summed E-state index contributed by atoms with van der Waals surface area (Å²) in [5, 5.41) is 3.19. The molecule has 1 unspecified atom stereocenters. The lowest BCUT2D eigenvalue weighted by Gasteiger charge is -2.34. The number of benzene rings is 1. The third-order valence-corrected chi connectivity index (χ3v) is 3.67. The molecule has 0 aromatic heterocycles. The number of ether oxygens (including phenoxy) is 1. The summed E-state index contributed by atoms with van der Waals surface area (Å²) >= 11 is 0. The predicted molar refractivity (Wildman–Crippen MR) is 81.0 cm³/mol. The summed E-state index contributed by atoms with van der Waals surface area (Å²) in [6.07, 6.45) is 0.293. The Balaban J connectivity index is 2.05. The summed E-state index contributed by atoms with van der Waals surface area (Å²) in [6, 6.07) is 8.97. The maximum Gasteiger partial charge on any atom is 0.0874 e. The molecule has 1 aromatic rings. The van der Waals surface area contributed by atoms with Gasteiger partial charge in [-0.1, -0.05) is 32.9 Å². The van der Waals surface area contributed by atoms with Crippen LogP contribution in [0.3, 0.4) is 0 Å². The summed E-state index contributed by atoms with van der Waals surface area (Å²) < 4.78 is 5.74. The van der Waals surface area contributed by atoms with Crippen molar-refractivity contribution in [2.45, 2.75) is 32.3 Å². The van der Waals surface area contributed by atoms with Gasteiger partial charge in [0.2, 0.25) is 0 Å². The van der Waals surface area contributed by atoms with Gasteiger partial charge in [0.05, 0.1) is 12.7 Å². The van der Waals surface area contributed by atoms with Gasteiger partial charge in [-0.3, -0.25) is 0 Å². The number of hydrogen-bond donors (Lipinski definition) is 1. The number of hydrogen-bond acceptors (Lipinski definition) is 3. The molecular formula is C16H26N2O. The van der Waals surface area contributed by atoms with Crippen molar-refractivity contribution in [1.29, 1.82) is 0 Å². The van der Waals surface area contributed by atoms with Crippen molar-refractivity contribution >= 4 is 5.69 Å². The molecule has 0 bridgehead atoms.